The summed E-state index contributed by atoms with van der Waals surface area (Å²) in [5, 5.41) is 69.2. The Morgan fingerprint density at radius 1 is 0.460 bits per heavy atom. The van der Waals surface area contributed by atoms with E-state index in [0.29, 0.717) is 12.8 Å². The van der Waals surface area contributed by atoms with Gasteiger partial charge in [-0.1, -0.05) is 141 Å². The Hall–Kier alpha value is -3.37. The summed E-state index contributed by atoms with van der Waals surface area (Å²) >= 11 is 0. The SMILES string of the molecule is CCCCCCCC/C=C\CCCCCCCC(=O)OCC(O)CO.CCCCCCCC/C=C\CCCCCCCC(=O)OCC(O)CO.O=C(O)CC(O)(CC(=O)O)C(=O)O. The van der Waals surface area contributed by atoms with Gasteiger partial charge in [-0.3, -0.25) is 19.2 Å². The highest BCUT2D eigenvalue weighted by molar-refractivity contribution is 5.88. The van der Waals surface area contributed by atoms with Crippen molar-refractivity contribution in [1.82, 2.24) is 0 Å². The Balaban J connectivity index is -0.000000902. The average molecular weight is 905 g/mol. The molecule has 15 heteroatoms. The molecule has 0 aliphatic rings. The van der Waals surface area contributed by atoms with Gasteiger partial charge in [0.15, 0.2) is 5.60 Å². The van der Waals surface area contributed by atoms with Crippen molar-refractivity contribution in [3.63, 3.8) is 0 Å². The third kappa shape index (κ3) is 51.1. The maximum absolute atomic E-state index is 11.4. The summed E-state index contributed by atoms with van der Waals surface area (Å²) in [5.74, 6) is -5.59. The van der Waals surface area contributed by atoms with Crippen LogP contribution in [0.1, 0.15) is 206 Å². The second-order valence-electron chi connectivity index (χ2n) is 16.2. The Bertz CT molecular complexity index is 1080. The number of unbranched alkanes of at least 4 members (excludes halogenated alkanes) is 22. The number of allylic oxidation sites excluding steroid dienone is 4. The van der Waals surface area contributed by atoms with Crippen molar-refractivity contribution in [2.24, 2.45) is 0 Å². The highest BCUT2D eigenvalue weighted by atomic mass is 16.5. The van der Waals surface area contributed by atoms with Gasteiger partial charge >= 0.3 is 29.8 Å². The number of aliphatic carboxylic acids is 3. The minimum absolute atomic E-state index is 0.111. The van der Waals surface area contributed by atoms with Crippen LogP contribution in [0, 0.1) is 0 Å². The molecule has 0 bridgehead atoms. The quantitative estimate of drug-likeness (QED) is 0.0162. The number of carboxylic acid groups (broad SMARTS) is 3. The summed E-state index contributed by atoms with van der Waals surface area (Å²) in [6, 6.07) is 0. The lowest BCUT2D eigenvalue weighted by molar-refractivity contribution is -0.170. The molecule has 8 N–H and O–H groups in total. The van der Waals surface area contributed by atoms with Crippen LogP contribution in [0.2, 0.25) is 0 Å². The molecule has 0 amide bonds. The summed E-state index contributed by atoms with van der Waals surface area (Å²) in [7, 11) is 0. The van der Waals surface area contributed by atoms with Gasteiger partial charge in [-0.15, -0.1) is 0 Å². The van der Waals surface area contributed by atoms with Gasteiger partial charge in [0.2, 0.25) is 0 Å². The first-order valence-corrected chi connectivity index (χ1v) is 23.8. The first-order valence-electron chi connectivity index (χ1n) is 23.8. The third-order valence-corrected chi connectivity index (χ3v) is 9.87. The highest BCUT2D eigenvalue weighted by Gasteiger charge is 2.40. The summed E-state index contributed by atoms with van der Waals surface area (Å²) in [6.45, 7) is 3.54. The molecular formula is C48H88O15. The van der Waals surface area contributed by atoms with Crippen LogP contribution in [-0.4, -0.2) is 115 Å². The van der Waals surface area contributed by atoms with E-state index in [1.54, 1.807) is 0 Å². The Labute approximate surface area is 378 Å². The fourth-order valence-electron chi connectivity index (χ4n) is 6.02. The molecule has 370 valence electrons. The fourth-order valence-corrected chi connectivity index (χ4v) is 6.02. The first kappa shape index (κ1) is 63.9. The predicted octanol–water partition coefficient (Wildman–Crippen LogP) is 8.59. The van der Waals surface area contributed by atoms with Crippen molar-refractivity contribution in [3.05, 3.63) is 24.3 Å². The number of hydrogen-bond acceptors (Lipinski definition) is 12. The van der Waals surface area contributed by atoms with E-state index in [9.17, 15) is 24.0 Å². The van der Waals surface area contributed by atoms with Crippen LogP contribution in [0.15, 0.2) is 24.3 Å². The number of carbonyl (C=O) groups is 5. The number of esters is 2. The largest absolute Gasteiger partial charge is 0.481 e. The van der Waals surface area contributed by atoms with Gasteiger partial charge in [0.1, 0.15) is 25.4 Å². The molecule has 0 heterocycles. The molecule has 0 spiro atoms. The lowest BCUT2D eigenvalue weighted by atomic mass is 9.96. The summed E-state index contributed by atoms with van der Waals surface area (Å²) in [5.41, 5.74) is -2.74. The molecule has 0 aromatic heterocycles. The monoisotopic (exact) mass is 905 g/mol. The molecular weight excluding hydrogens is 817 g/mol. The van der Waals surface area contributed by atoms with Crippen molar-refractivity contribution >= 4 is 29.8 Å². The van der Waals surface area contributed by atoms with Crippen molar-refractivity contribution in [3.8, 4) is 0 Å². The van der Waals surface area contributed by atoms with E-state index in [4.69, 9.17) is 50.3 Å². The van der Waals surface area contributed by atoms with Gasteiger partial charge in [0, 0.05) is 12.8 Å². The van der Waals surface area contributed by atoms with Crippen molar-refractivity contribution in [2.45, 2.75) is 224 Å². The molecule has 0 aliphatic carbocycles. The molecule has 2 atom stereocenters. The van der Waals surface area contributed by atoms with Crippen LogP contribution in [0.5, 0.6) is 0 Å². The Morgan fingerprint density at radius 2 is 0.730 bits per heavy atom. The zero-order valence-electron chi connectivity index (χ0n) is 38.9. The number of rotatable bonds is 41. The summed E-state index contributed by atoms with van der Waals surface area (Å²) < 4.78 is 9.71. The van der Waals surface area contributed by atoms with Gasteiger partial charge in [-0.2, -0.15) is 0 Å². The van der Waals surface area contributed by atoms with Gasteiger partial charge in [-0.25, -0.2) is 4.79 Å². The number of hydrogen-bond donors (Lipinski definition) is 8. The van der Waals surface area contributed by atoms with Crippen molar-refractivity contribution in [1.29, 1.82) is 0 Å². The van der Waals surface area contributed by atoms with Crippen molar-refractivity contribution < 1.29 is 74.3 Å². The molecule has 0 aromatic carbocycles. The Kier molecular flexibility index (Phi) is 48.8. The topological polar surface area (TPSA) is 266 Å². The minimum atomic E-state index is -2.74. The van der Waals surface area contributed by atoms with Gasteiger partial charge < -0.3 is 50.3 Å². The van der Waals surface area contributed by atoms with E-state index in [0.717, 1.165) is 51.4 Å². The van der Waals surface area contributed by atoms with E-state index in [1.165, 1.54) is 116 Å². The first-order chi connectivity index (χ1) is 30.2. The van der Waals surface area contributed by atoms with Gasteiger partial charge in [-0.05, 0) is 64.2 Å². The maximum atomic E-state index is 11.4. The molecule has 2 unspecified atom stereocenters. The van der Waals surface area contributed by atoms with Crippen molar-refractivity contribution in [2.75, 3.05) is 26.4 Å². The summed E-state index contributed by atoms with van der Waals surface area (Å²) in [4.78, 5) is 53.2. The van der Waals surface area contributed by atoms with E-state index >= 15 is 0 Å². The van der Waals surface area contributed by atoms with Gasteiger partial charge in [0.05, 0.1) is 26.1 Å². The van der Waals surface area contributed by atoms with Crippen LogP contribution >= 0.6 is 0 Å². The zero-order valence-corrected chi connectivity index (χ0v) is 38.9. The lowest BCUT2D eigenvalue weighted by Gasteiger charge is -2.18. The number of aliphatic hydroxyl groups is 5. The van der Waals surface area contributed by atoms with Gasteiger partial charge in [0.25, 0.3) is 0 Å². The molecule has 0 saturated carbocycles. The average Bonchev–Trinajstić information content (AvgIpc) is 3.24. The van der Waals surface area contributed by atoms with E-state index < -0.39 is 48.6 Å². The van der Waals surface area contributed by atoms with E-state index in [-0.39, 0.29) is 38.4 Å². The molecule has 0 radical (unpaired) electrons. The number of aliphatic hydroxyl groups excluding tert-OH is 4. The minimum Gasteiger partial charge on any atom is -0.481 e. The number of carboxylic acids is 3. The van der Waals surface area contributed by atoms with Crippen LogP contribution < -0.4 is 0 Å². The third-order valence-electron chi connectivity index (χ3n) is 9.87. The Morgan fingerprint density at radius 3 is 0.984 bits per heavy atom. The predicted molar refractivity (Wildman–Crippen MR) is 244 cm³/mol. The zero-order chi connectivity index (χ0) is 47.8. The van der Waals surface area contributed by atoms with Crippen LogP contribution in [0.25, 0.3) is 0 Å². The summed E-state index contributed by atoms with van der Waals surface area (Å²) in [6.07, 6.45) is 37.9. The van der Waals surface area contributed by atoms with E-state index in [2.05, 4.69) is 38.2 Å². The lowest BCUT2D eigenvalue weighted by Crippen LogP contribution is -2.42. The maximum Gasteiger partial charge on any atom is 0.336 e. The van der Waals surface area contributed by atoms with Crippen LogP contribution in [-0.2, 0) is 33.4 Å². The smallest absolute Gasteiger partial charge is 0.336 e. The molecule has 0 aromatic rings. The fraction of sp³-hybridized carbons (Fsp3) is 0.812. The second kappa shape index (κ2) is 48.1. The van der Waals surface area contributed by atoms with Crippen LogP contribution in [0.3, 0.4) is 0 Å². The normalized spacial score (nSPS) is 12.2. The number of carbonyl (C=O) groups excluding carboxylic acids is 2. The molecule has 63 heavy (non-hydrogen) atoms. The van der Waals surface area contributed by atoms with Crippen LogP contribution in [0.4, 0.5) is 0 Å². The molecule has 0 saturated heterocycles. The number of ether oxygens (including phenoxy) is 2. The molecule has 0 aliphatic heterocycles. The van der Waals surface area contributed by atoms with E-state index in [1.807, 2.05) is 0 Å². The standard InChI is InChI=1S/2C21H40O4.C6H8O7/c2*1-2-3-4-5-6-7-8-9-10-11-12-13-14-15-16-17-21(24)25-19-20(23)18-22;7-3(8)1-6(13,5(11)12)2-4(9)10/h2*9-10,20,22-23H,2-8,11-19H2,1H3;13H,1-2H2,(H,7,8)(H,9,10)(H,11,12)/b2*10-9-;. The molecule has 0 rings (SSSR count). The highest BCUT2D eigenvalue weighted by Crippen LogP contribution is 2.16. The molecule has 15 nitrogen and oxygen atoms in total. The molecule has 0 fully saturated rings. The second-order valence-corrected chi connectivity index (χ2v) is 16.2.